The summed E-state index contributed by atoms with van der Waals surface area (Å²) in [5, 5.41) is 7.53. The van der Waals surface area contributed by atoms with Crippen LogP contribution in [0.5, 0.6) is 0 Å². The fourth-order valence-electron chi connectivity index (χ4n) is 1.05. The summed E-state index contributed by atoms with van der Waals surface area (Å²) in [5.41, 5.74) is 1.12. The highest BCUT2D eigenvalue weighted by Crippen LogP contribution is 2.09. The van der Waals surface area contributed by atoms with Crippen LogP contribution in [0, 0.1) is 0 Å². The van der Waals surface area contributed by atoms with Gasteiger partial charge in [0.05, 0.1) is 0 Å². The molecule has 4 heteroatoms. The normalized spacial score (nSPS) is 9.57. The van der Waals surface area contributed by atoms with Crippen molar-refractivity contribution in [2.24, 2.45) is 0 Å². The number of halogens is 1. The van der Waals surface area contributed by atoms with Crippen molar-refractivity contribution >= 4 is 28.9 Å². The molecule has 0 aliphatic rings. The SMILES string of the molecule is CCNC(=S)NCc1cccc(Cl)c1. The maximum Gasteiger partial charge on any atom is 0.166 e. The van der Waals surface area contributed by atoms with Crippen LogP contribution in [0.3, 0.4) is 0 Å². The van der Waals surface area contributed by atoms with E-state index in [4.69, 9.17) is 23.8 Å². The molecule has 0 radical (unpaired) electrons. The van der Waals surface area contributed by atoms with Gasteiger partial charge in [-0.1, -0.05) is 23.7 Å². The largest absolute Gasteiger partial charge is 0.363 e. The average Bonchev–Trinajstić information content (AvgIpc) is 2.15. The minimum Gasteiger partial charge on any atom is -0.363 e. The van der Waals surface area contributed by atoms with Gasteiger partial charge in [0.15, 0.2) is 5.11 Å². The monoisotopic (exact) mass is 228 g/mol. The van der Waals surface area contributed by atoms with Gasteiger partial charge < -0.3 is 10.6 Å². The zero-order valence-electron chi connectivity index (χ0n) is 8.01. The number of rotatable bonds is 3. The molecular formula is C10H13ClN2S. The van der Waals surface area contributed by atoms with Crippen LogP contribution in [-0.2, 0) is 6.54 Å². The third-order valence-corrected chi connectivity index (χ3v) is 2.20. The summed E-state index contributed by atoms with van der Waals surface area (Å²) in [6.45, 7) is 3.54. The molecule has 0 saturated carbocycles. The van der Waals surface area contributed by atoms with Crippen molar-refractivity contribution in [3.63, 3.8) is 0 Å². The van der Waals surface area contributed by atoms with E-state index in [2.05, 4.69) is 10.6 Å². The fourth-order valence-corrected chi connectivity index (χ4v) is 1.48. The van der Waals surface area contributed by atoms with Crippen LogP contribution in [0.2, 0.25) is 5.02 Å². The molecule has 0 atom stereocenters. The first-order chi connectivity index (χ1) is 6.72. The Kier molecular flexibility index (Phi) is 4.70. The molecule has 0 aromatic heterocycles. The standard InChI is InChI=1S/C10H13ClN2S/c1-2-12-10(14)13-7-8-4-3-5-9(11)6-8/h3-6H,2,7H2,1H3,(H2,12,13,14). The molecule has 0 unspecified atom stereocenters. The summed E-state index contributed by atoms with van der Waals surface area (Å²) in [4.78, 5) is 0. The van der Waals surface area contributed by atoms with Crippen LogP contribution in [0.1, 0.15) is 12.5 Å². The second-order valence-corrected chi connectivity index (χ2v) is 3.69. The van der Waals surface area contributed by atoms with E-state index >= 15 is 0 Å². The molecule has 0 heterocycles. The third kappa shape index (κ3) is 3.94. The minimum atomic E-state index is 0.674. The van der Waals surface area contributed by atoms with Gasteiger partial charge in [-0.15, -0.1) is 0 Å². The van der Waals surface area contributed by atoms with E-state index in [1.54, 1.807) is 0 Å². The maximum atomic E-state index is 5.85. The molecule has 0 bridgehead atoms. The van der Waals surface area contributed by atoms with Crippen LogP contribution in [0.4, 0.5) is 0 Å². The van der Waals surface area contributed by atoms with Gasteiger partial charge >= 0.3 is 0 Å². The lowest BCUT2D eigenvalue weighted by Gasteiger charge is -2.08. The van der Waals surface area contributed by atoms with E-state index in [1.807, 2.05) is 31.2 Å². The van der Waals surface area contributed by atoms with E-state index in [-0.39, 0.29) is 0 Å². The zero-order valence-corrected chi connectivity index (χ0v) is 9.58. The van der Waals surface area contributed by atoms with Gasteiger partial charge in [0, 0.05) is 18.1 Å². The van der Waals surface area contributed by atoms with Crippen molar-refractivity contribution in [1.82, 2.24) is 10.6 Å². The van der Waals surface area contributed by atoms with Crippen molar-refractivity contribution in [3.05, 3.63) is 34.9 Å². The summed E-state index contributed by atoms with van der Waals surface area (Å²) in [6, 6.07) is 7.71. The second-order valence-electron chi connectivity index (χ2n) is 2.84. The van der Waals surface area contributed by atoms with Crippen LogP contribution in [-0.4, -0.2) is 11.7 Å². The van der Waals surface area contributed by atoms with Crippen LogP contribution < -0.4 is 10.6 Å². The first kappa shape index (κ1) is 11.3. The number of hydrogen-bond acceptors (Lipinski definition) is 1. The summed E-state index contributed by atoms with van der Waals surface area (Å²) >= 11 is 10.9. The van der Waals surface area contributed by atoms with E-state index < -0.39 is 0 Å². The van der Waals surface area contributed by atoms with Crippen molar-refractivity contribution in [3.8, 4) is 0 Å². The Balaban J connectivity index is 2.41. The first-order valence-corrected chi connectivity index (χ1v) is 5.27. The van der Waals surface area contributed by atoms with Crippen molar-refractivity contribution < 1.29 is 0 Å². The lowest BCUT2D eigenvalue weighted by molar-refractivity contribution is 0.854. The van der Waals surface area contributed by atoms with Crippen LogP contribution in [0.25, 0.3) is 0 Å². The first-order valence-electron chi connectivity index (χ1n) is 4.48. The van der Waals surface area contributed by atoms with Gasteiger partial charge in [-0.3, -0.25) is 0 Å². The Morgan fingerprint density at radius 2 is 2.21 bits per heavy atom. The highest BCUT2D eigenvalue weighted by molar-refractivity contribution is 7.80. The van der Waals surface area contributed by atoms with Gasteiger partial charge in [0.25, 0.3) is 0 Å². The number of hydrogen-bond donors (Lipinski definition) is 2. The molecule has 76 valence electrons. The topological polar surface area (TPSA) is 24.1 Å². The molecule has 0 fully saturated rings. The molecule has 14 heavy (non-hydrogen) atoms. The smallest absolute Gasteiger partial charge is 0.166 e. The average molecular weight is 229 g/mol. The van der Waals surface area contributed by atoms with Crippen LogP contribution in [0.15, 0.2) is 24.3 Å². The molecule has 0 spiro atoms. The summed E-state index contributed by atoms with van der Waals surface area (Å²) < 4.78 is 0. The highest BCUT2D eigenvalue weighted by Gasteiger charge is 1.95. The Morgan fingerprint density at radius 3 is 2.86 bits per heavy atom. The van der Waals surface area contributed by atoms with Crippen molar-refractivity contribution in [2.45, 2.75) is 13.5 Å². The molecule has 0 aliphatic heterocycles. The number of nitrogens with one attached hydrogen (secondary N) is 2. The molecule has 0 aliphatic carbocycles. The molecule has 0 saturated heterocycles. The molecule has 1 rings (SSSR count). The molecule has 0 amide bonds. The molecule has 2 N–H and O–H groups in total. The Hall–Kier alpha value is -0.800. The third-order valence-electron chi connectivity index (χ3n) is 1.68. The predicted octanol–water partition coefficient (Wildman–Crippen LogP) is 2.32. The number of thiocarbonyl (C=S) groups is 1. The Morgan fingerprint density at radius 1 is 1.43 bits per heavy atom. The van der Waals surface area contributed by atoms with Gasteiger partial charge in [-0.2, -0.15) is 0 Å². The zero-order chi connectivity index (χ0) is 10.4. The van der Waals surface area contributed by atoms with E-state index in [0.29, 0.717) is 11.7 Å². The van der Waals surface area contributed by atoms with Crippen LogP contribution >= 0.6 is 23.8 Å². The lowest BCUT2D eigenvalue weighted by Crippen LogP contribution is -2.34. The van der Waals surface area contributed by atoms with E-state index in [9.17, 15) is 0 Å². The molecule has 1 aromatic carbocycles. The van der Waals surface area contributed by atoms with Gasteiger partial charge in [-0.05, 0) is 36.8 Å². The summed E-state index contributed by atoms with van der Waals surface area (Å²) in [6.07, 6.45) is 0. The fraction of sp³-hybridized carbons (Fsp3) is 0.300. The number of benzene rings is 1. The lowest BCUT2D eigenvalue weighted by atomic mass is 10.2. The Bertz CT molecular complexity index is 315. The highest BCUT2D eigenvalue weighted by atomic mass is 35.5. The quantitative estimate of drug-likeness (QED) is 0.777. The van der Waals surface area contributed by atoms with Gasteiger partial charge in [0.2, 0.25) is 0 Å². The summed E-state index contributed by atoms with van der Waals surface area (Å²) in [7, 11) is 0. The second kappa shape index (κ2) is 5.83. The minimum absolute atomic E-state index is 0.674. The van der Waals surface area contributed by atoms with Crippen molar-refractivity contribution in [2.75, 3.05) is 6.54 Å². The van der Waals surface area contributed by atoms with Crippen molar-refractivity contribution in [1.29, 1.82) is 0 Å². The maximum absolute atomic E-state index is 5.85. The van der Waals surface area contributed by atoms with Gasteiger partial charge in [0.1, 0.15) is 0 Å². The summed E-state index contributed by atoms with van der Waals surface area (Å²) in [5.74, 6) is 0. The molecule has 1 aromatic rings. The predicted molar refractivity (Wildman–Crippen MR) is 64.6 cm³/mol. The van der Waals surface area contributed by atoms with E-state index in [0.717, 1.165) is 17.1 Å². The van der Waals surface area contributed by atoms with E-state index in [1.165, 1.54) is 0 Å². The molecular weight excluding hydrogens is 216 g/mol. The Labute approximate surface area is 94.7 Å². The molecule has 2 nitrogen and oxygen atoms in total. The van der Waals surface area contributed by atoms with Gasteiger partial charge in [-0.25, -0.2) is 0 Å².